The van der Waals surface area contributed by atoms with Crippen molar-refractivity contribution < 1.29 is 9.13 Å². The normalized spacial score (nSPS) is 20.7. The highest BCUT2D eigenvalue weighted by atomic mass is 19.1. The second-order valence-corrected chi connectivity index (χ2v) is 4.06. The maximum absolute atomic E-state index is 13.5. The molecular weight excluding hydrogens is 195 g/mol. The van der Waals surface area contributed by atoms with Crippen LogP contribution in [0.3, 0.4) is 0 Å². The van der Waals surface area contributed by atoms with Crippen LogP contribution >= 0.6 is 0 Å². The maximum Gasteiger partial charge on any atom is 0.127 e. The SMILES string of the molecule is NCC1(C(N)c2ccccc2F)COC1. The van der Waals surface area contributed by atoms with Crippen LogP contribution in [-0.2, 0) is 4.74 Å². The number of benzene rings is 1. The summed E-state index contributed by atoms with van der Waals surface area (Å²) in [5, 5.41) is 0. The number of halogens is 1. The maximum atomic E-state index is 13.5. The summed E-state index contributed by atoms with van der Waals surface area (Å²) >= 11 is 0. The van der Waals surface area contributed by atoms with Gasteiger partial charge in [0.05, 0.1) is 13.2 Å². The predicted molar refractivity (Wildman–Crippen MR) is 55.6 cm³/mol. The van der Waals surface area contributed by atoms with Gasteiger partial charge in [0, 0.05) is 23.6 Å². The Hall–Kier alpha value is -0.970. The third-order valence-electron chi connectivity index (χ3n) is 3.09. The van der Waals surface area contributed by atoms with Crippen molar-refractivity contribution in [1.29, 1.82) is 0 Å². The molecule has 1 unspecified atom stereocenters. The molecule has 0 spiro atoms. The monoisotopic (exact) mass is 210 g/mol. The van der Waals surface area contributed by atoms with Crippen molar-refractivity contribution in [3.05, 3.63) is 35.6 Å². The zero-order valence-electron chi connectivity index (χ0n) is 8.45. The molecule has 1 aromatic carbocycles. The molecule has 0 aliphatic carbocycles. The molecule has 1 atom stereocenters. The van der Waals surface area contributed by atoms with Gasteiger partial charge in [0.15, 0.2) is 0 Å². The van der Waals surface area contributed by atoms with E-state index in [0.29, 0.717) is 25.3 Å². The van der Waals surface area contributed by atoms with E-state index in [9.17, 15) is 4.39 Å². The van der Waals surface area contributed by atoms with E-state index in [1.54, 1.807) is 18.2 Å². The second-order valence-electron chi connectivity index (χ2n) is 4.06. The highest BCUT2D eigenvalue weighted by Crippen LogP contribution is 2.38. The zero-order valence-corrected chi connectivity index (χ0v) is 8.45. The summed E-state index contributed by atoms with van der Waals surface area (Å²) in [6.07, 6.45) is 0. The molecule has 3 nitrogen and oxygen atoms in total. The van der Waals surface area contributed by atoms with Crippen molar-refractivity contribution >= 4 is 0 Å². The number of hydrogen-bond donors (Lipinski definition) is 2. The molecule has 1 aliphatic rings. The van der Waals surface area contributed by atoms with Crippen LogP contribution in [0, 0.1) is 11.2 Å². The number of rotatable bonds is 3. The lowest BCUT2D eigenvalue weighted by molar-refractivity contribution is -0.121. The fourth-order valence-corrected chi connectivity index (χ4v) is 1.85. The molecule has 1 heterocycles. The quantitative estimate of drug-likeness (QED) is 0.775. The average molecular weight is 210 g/mol. The first-order valence-electron chi connectivity index (χ1n) is 4.97. The van der Waals surface area contributed by atoms with Crippen molar-refractivity contribution in [3.63, 3.8) is 0 Å². The van der Waals surface area contributed by atoms with Crippen LogP contribution in [0.25, 0.3) is 0 Å². The van der Waals surface area contributed by atoms with Crippen LogP contribution < -0.4 is 11.5 Å². The molecule has 2 rings (SSSR count). The molecule has 0 radical (unpaired) electrons. The van der Waals surface area contributed by atoms with Crippen molar-refractivity contribution in [2.75, 3.05) is 19.8 Å². The van der Waals surface area contributed by atoms with Crippen LogP contribution in [-0.4, -0.2) is 19.8 Å². The Kier molecular flexibility index (Phi) is 2.73. The van der Waals surface area contributed by atoms with Gasteiger partial charge in [-0.3, -0.25) is 0 Å². The van der Waals surface area contributed by atoms with E-state index in [4.69, 9.17) is 16.2 Å². The van der Waals surface area contributed by atoms with E-state index < -0.39 is 6.04 Å². The topological polar surface area (TPSA) is 61.3 Å². The Labute approximate surface area is 88.2 Å². The first kappa shape index (κ1) is 10.5. The Morgan fingerprint density at radius 3 is 2.53 bits per heavy atom. The lowest BCUT2D eigenvalue weighted by atomic mass is 9.75. The van der Waals surface area contributed by atoms with Crippen molar-refractivity contribution in [1.82, 2.24) is 0 Å². The smallest absolute Gasteiger partial charge is 0.127 e. The van der Waals surface area contributed by atoms with Crippen LogP contribution in [0.4, 0.5) is 4.39 Å². The minimum Gasteiger partial charge on any atom is -0.380 e. The summed E-state index contributed by atoms with van der Waals surface area (Å²) in [5.41, 5.74) is 12.0. The van der Waals surface area contributed by atoms with E-state index in [1.807, 2.05) is 0 Å². The van der Waals surface area contributed by atoms with Gasteiger partial charge in [-0.15, -0.1) is 0 Å². The Bertz CT molecular complexity index is 347. The van der Waals surface area contributed by atoms with Gasteiger partial charge in [0.1, 0.15) is 5.82 Å². The van der Waals surface area contributed by atoms with Gasteiger partial charge >= 0.3 is 0 Å². The Morgan fingerprint density at radius 1 is 1.40 bits per heavy atom. The van der Waals surface area contributed by atoms with Crippen LogP contribution in [0.1, 0.15) is 11.6 Å². The zero-order chi connectivity index (χ0) is 10.9. The molecule has 1 fully saturated rings. The molecule has 15 heavy (non-hydrogen) atoms. The van der Waals surface area contributed by atoms with Crippen molar-refractivity contribution in [2.45, 2.75) is 6.04 Å². The third-order valence-corrected chi connectivity index (χ3v) is 3.09. The van der Waals surface area contributed by atoms with Crippen LogP contribution in [0.15, 0.2) is 24.3 Å². The molecule has 0 saturated carbocycles. The Morgan fingerprint density at radius 2 is 2.07 bits per heavy atom. The molecule has 1 saturated heterocycles. The average Bonchev–Trinajstić information content (AvgIpc) is 2.17. The molecule has 1 aliphatic heterocycles. The van der Waals surface area contributed by atoms with Crippen molar-refractivity contribution in [2.24, 2.45) is 16.9 Å². The fraction of sp³-hybridized carbons (Fsp3) is 0.455. The van der Waals surface area contributed by atoms with Gasteiger partial charge in [0.25, 0.3) is 0 Å². The molecule has 4 heteroatoms. The Balaban J connectivity index is 2.27. The molecule has 4 N–H and O–H groups in total. The van der Waals surface area contributed by atoms with E-state index in [-0.39, 0.29) is 11.2 Å². The largest absolute Gasteiger partial charge is 0.380 e. The first-order chi connectivity index (χ1) is 7.19. The van der Waals surface area contributed by atoms with E-state index >= 15 is 0 Å². The second kappa shape index (κ2) is 3.89. The molecule has 0 amide bonds. The highest BCUT2D eigenvalue weighted by Gasteiger charge is 2.44. The standard InChI is InChI=1S/C11H15FN2O/c12-9-4-2-1-3-8(9)10(14)11(5-13)6-15-7-11/h1-4,10H,5-7,13-14H2. The van der Waals surface area contributed by atoms with E-state index in [1.165, 1.54) is 6.07 Å². The summed E-state index contributed by atoms with van der Waals surface area (Å²) < 4.78 is 18.6. The van der Waals surface area contributed by atoms with Crippen LogP contribution in [0.2, 0.25) is 0 Å². The van der Waals surface area contributed by atoms with E-state index in [0.717, 1.165) is 0 Å². The number of hydrogen-bond acceptors (Lipinski definition) is 3. The van der Waals surface area contributed by atoms with Gasteiger partial charge in [-0.05, 0) is 6.07 Å². The first-order valence-corrected chi connectivity index (χ1v) is 4.97. The van der Waals surface area contributed by atoms with Gasteiger partial charge in [-0.2, -0.15) is 0 Å². The fourth-order valence-electron chi connectivity index (χ4n) is 1.85. The molecule has 0 bridgehead atoms. The number of ether oxygens (including phenoxy) is 1. The minimum atomic E-state index is -0.391. The summed E-state index contributed by atoms with van der Waals surface area (Å²) in [6.45, 7) is 1.44. The van der Waals surface area contributed by atoms with Crippen molar-refractivity contribution in [3.8, 4) is 0 Å². The van der Waals surface area contributed by atoms with Crippen LogP contribution in [0.5, 0.6) is 0 Å². The lowest BCUT2D eigenvalue weighted by Gasteiger charge is -2.45. The predicted octanol–water partition coefficient (Wildman–Crippen LogP) is 0.801. The third kappa shape index (κ3) is 1.65. The van der Waals surface area contributed by atoms with Gasteiger partial charge in [-0.25, -0.2) is 4.39 Å². The molecule has 0 aromatic heterocycles. The van der Waals surface area contributed by atoms with Gasteiger partial charge in [0.2, 0.25) is 0 Å². The summed E-state index contributed by atoms with van der Waals surface area (Å²) in [6, 6.07) is 6.16. The summed E-state index contributed by atoms with van der Waals surface area (Å²) in [5.74, 6) is -0.273. The molecule has 1 aromatic rings. The summed E-state index contributed by atoms with van der Waals surface area (Å²) in [4.78, 5) is 0. The molecule has 82 valence electrons. The number of nitrogens with two attached hydrogens (primary N) is 2. The summed E-state index contributed by atoms with van der Waals surface area (Å²) in [7, 11) is 0. The van der Waals surface area contributed by atoms with E-state index in [2.05, 4.69) is 0 Å². The highest BCUT2D eigenvalue weighted by molar-refractivity contribution is 5.24. The minimum absolute atomic E-state index is 0.273. The van der Waals surface area contributed by atoms with Gasteiger partial charge in [-0.1, -0.05) is 18.2 Å². The molecular formula is C11H15FN2O. The van der Waals surface area contributed by atoms with Gasteiger partial charge < -0.3 is 16.2 Å². The lowest BCUT2D eigenvalue weighted by Crippen LogP contribution is -2.55.